The number of hydrogen-bond acceptors (Lipinski definition) is 5. The lowest BCUT2D eigenvalue weighted by atomic mass is 10.3. The van der Waals surface area contributed by atoms with Gasteiger partial charge in [0.1, 0.15) is 6.04 Å². The van der Waals surface area contributed by atoms with E-state index in [-0.39, 0.29) is 10.6 Å². The summed E-state index contributed by atoms with van der Waals surface area (Å²) in [6.45, 7) is 1.25. The Morgan fingerprint density at radius 1 is 1.29 bits per heavy atom. The molecule has 0 radical (unpaired) electrons. The summed E-state index contributed by atoms with van der Waals surface area (Å²) in [5, 5.41) is 11.3. The van der Waals surface area contributed by atoms with E-state index in [9.17, 15) is 18.0 Å². The van der Waals surface area contributed by atoms with Gasteiger partial charge in [-0.1, -0.05) is 0 Å². The minimum absolute atomic E-state index is 0.131. The highest BCUT2D eigenvalue weighted by molar-refractivity contribution is 7.99. The average Bonchev–Trinajstić information content (AvgIpc) is 2.43. The highest BCUT2D eigenvalue weighted by atomic mass is 32.2. The Kier molecular flexibility index (Phi) is 6.19. The molecule has 0 heterocycles. The van der Waals surface area contributed by atoms with E-state index >= 15 is 0 Å². The van der Waals surface area contributed by atoms with Gasteiger partial charge in [0.15, 0.2) is 0 Å². The molecule has 3 N–H and O–H groups in total. The lowest BCUT2D eigenvalue weighted by Gasteiger charge is -2.12. The molecule has 9 heteroatoms. The van der Waals surface area contributed by atoms with E-state index in [1.54, 1.807) is 12.1 Å². The third-order valence-corrected chi connectivity index (χ3v) is 5.03. The normalized spacial score (nSPS) is 12.7. The summed E-state index contributed by atoms with van der Waals surface area (Å²) in [5.41, 5.74) is 0. The molecule has 0 aromatic heterocycles. The first kappa shape index (κ1) is 17.5. The number of carbonyl (C=O) groups is 2. The van der Waals surface area contributed by atoms with Crippen molar-refractivity contribution in [1.29, 1.82) is 0 Å². The van der Waals surface area contributed by atoms with Crippen molar-refractivity contribution in [3.8, 4) is 0 Å². The van der Waals surface area contributed by atoms with E-state index < -0.39 is 27.9 Å². The van der Waals surface area contributed by atoms with Crippen molar-refractivity contribution in [2.75, 3.05) is 12.8 Å². The van der Waals surface area contributed by atoms with Gasteiger partial charge in [0, 0.05) is 17.6 Å². The minimum Gasteiger partial charge on any atom is -0.480 e. The Morgan fingerprint density at radius 2 is 1.86 bits per heavy atom. The quantitative estimate of drug-likeness (QED) is 0.618. The van der Waals surface area contributed by atoms with Gasteiger partial charge >= 0.3 is 5.97 Å². The van der Waals surface area contributed by atoms with Crippen LogP contribution in [-0.4, -0.2) is 44.2 Å². The van der Waals surface area contributed by atoms with E-state index in [2.05, 4.69) is 10.0 Å². The number of carboxylic acids is 1. The molecule has 0 saturated carbocycles. The van der Waals surface area contributed by atoms with Gasteiger partial charge in [0.25, 0.3) is 0 Å². The maximum Gasteiger partial charge on any atom is 0.327 e. The van der Waals surface area contributed by atoms with Gasteiger partial charge in [-0.05, 0) is 31.3 Å². The van der Waals surface area contributed by atoms with Gasteiger partial charge in [-0.15, -0.1) is 11.8 Å². The molecule has 0 aliphatic rings. The molecule has 21 heavy (non-hydrogen) atoms. The summed E-state index contributed by atoms with van der Waals surface area (Å²) in [6.07, 6.45) is 0. The third kappa shape index (κ3) is 5.37. The second-order valence-electron chi connectivity index (χ2n) is 4.08. The van der Waals surface area contributed by atoms with Crippen molar-refractivity contribution < 1.29 is 23.1 Å². The summed E-state index contributed by atoms with van der Waals surface area (Å²) < 4.78 is 25.3. The molecule has 1 aromatic carbocycles. The number of amides is 1. The van der Waals surface area contributed by atoms with Crippen molar-refractivity contribution in [3.63, 3.8) is 0 Å². The fraction of sp³-hybridized carbons (Fsp3) is 0.333. The maximum absolute atomic E-state index is 11.5. The molecule has 1 atom stereocenters. The van der Waals surface area contributed by atoms with Crippen molar-refractivity contribution in [2.24, 2.45) is 0 Å². The fourth-order valence-corrected chi connectivity index (χ4v) is 3.08. The van der Waals surface area contributed by atoms with Crippen LogP contribution < -0.4 is 10.0 Å². The third-order valence-electron chi connectivity index (χ3n) is 2.50. The van der Waals surface area contributed by atoms with Gasteiger partial charge < -0.3 is 10.4 Å². The van der Waals surface area contributed by atoms with E-state index in [1.807, 2.05) is 0 Å². The van der Waals surface area contributed by atoms with Crippen LogP contribution >= 0.6 is 11.8 Å². The Morgan fingerprint density at radius 3 is 2.29 bits per heavy atom. The monoisotopic (exact) mass is 332 g/mol. The smallest absolute Gasteiger partial charge is 0.327 e. The van der Waals surface area contributed by atoms with Crippen LogP contribution in [0.5, 0.6) is 0 Å². The van der Waals surface area contributed by atoms with E-state index in [4.69, 9.17) is 5.11 Å². The van der Waals surface area contributed by atoms with Crippen LogP contribution in [0, 0.1) is 0 Å². The molecular weight excluding hydrogens is 316 g/mol. The van der Waals surface area contributed by atoms with Crippen molar-refractivity contribution in [2.45, 2.75) is 22.8 Å². The summed E-state index contributed by atoms with van der Waals surface area (Å²) in [7, 11) is -2.16. The number of thioether (sulfide) groups is 1. The molecule has 0 saturated heterocycles. The Labute approximate surface area is 127 Å². The number of rotatable bonds is 7. The summed E-state index contributed by atoms with van der Waals surface area (Å²) in [5.74, 6) is -1.39. The molecule has 0 aliphatic heterocycles. The van der Waals surface area contributed by atoms with Gasteiger partial charge in [0.2, 0.25) is 15.9 Å². The number of carboxylic acid groups (broad SMARTS) is 1. The first-order valence-corrected chi connectivity index (χ1v) is 8.39. The zero-order chi connectivity index (χ0) is 16.0. The van der Waals surface area contributed by atoms with E-state index in [1.165, 1.54) is 37.9 Å². The number of nitrogens with one attached hydrogen (secondary N) is 2. The summed E-state index contributed by atoms with van der Waals surface area (Å²) >= 11 is 1.21. The molecule has 0 aliphatic carbocycles. The van der Waals surface area contributed by atoms with Gasteiger partial charge in [0.05, 0.1) is 4.90 Å². The minimum atomic E-state index is -3.49. The van der Waals surface area contributed by atoms with Crippen LogP contribution in [0.15, 0.2) is 34.1 Å². The Bertz CT molecular complexity index is 613. The predicted molar refractivity (Wildman–Crippen MR) is 78.7 cm³/mol. The number of hydrogen-bond donors (Lipinski definition) is 3. The maximum atomic E-state index is 11.5. The summed E-state index contributed by atoms with van der Waals surface area (Å²) in [4.78, 5) is 22.7. The molecule has 1 rings (SSSR count). The Hall–Kier alpha value is -1.58. The van der Waals surface area contributed by atoms with Gasteiger partial charge in [-0.25, -0.2) is 17.9 Å². The van der Waals surface area contributed by atoms with Crippen molar-refractivity contribution >= 4 is 33.7 Å². The molecule has 0 fully saturated rings. The summed E-state index contributed by atoms with van der Waals surface area (Å²) in [6, 6.07) is 5.04. The van der Waals surface area contributed by atoms with Crippen LogP contribution in [0.3, 0.4) is 0 Å². The average molecular weight is 332 g/mol. The molecule has 0 spiro atoms. The standard InChI is InChI=1S/C12H16N2O5S2/c1-8(15)14-11(12(16)17)7-20-9-3-5-10(6-4-9)21(18,19)13-2/h3-6,11,13H,7H2,1-2H3,(H,14,15)(H,16,17). The second kappa shape index (κ2) is 7.43. The lowest BCUT2D eigenvalue weighted by Crippen LogP contribution is -2.41. The highest BCUT2D eigenvalue weighted by Gasteiger charge is 2.18. The second-order valence-corrected chi connectivity index (χ2v) is 7.06. The van der Waals surface area contributed by atoms with E-state index in [0.717, 1.165) is 0 Å². The van der Waals surface area contributed by atoms with Crippen LogP contribution in [0.25, 0.3) is 0 Å². The van der Waals surface area contributed by atoms with Crippen LogP contribution in [0.4, 0.5) is 0 Å². The van der Waals surface area contributed by atoms with Crippen molar-refractivity contribution in [1.82, 2.24) is 10.0 Å². The van der Waals surface area contributed by atoms with Gasteiger partial charge in [-0.3, -0.25) is 4.79 Å². The number of sulfonamides is 1. The number of carbonyl (C=O) groups excluding carboxylic acids is 1. The van der Waals surface area contributed by atoms with Crippen LogP contribution in [0.1, 0.15) is 6.92 Å². The molecule has 1 amide bonds. The molecular formula is C12H16N2O5S2. The van der Waals surface area contributed by atoms with Crippen LogP contribution in [-0.2, 0) is 19.6 Å². The molecule has 7 nitrogen and oxygen atoms in total. The zero-order valence-corrected chi connectivity index (χ0v) is 13.1. The largest absolute Gasteiger partial charge is 0.480 e. The predicted octanol–water partition coefficient (Wildman–Crippen LogP) is 0.276. The molecule has 1 unspecified atom stereocenters. The number of benzene rings is 1. The number of aliphatic carboxylic acids is 1. The van der Waals surface area contributed by atoms with Crippen molar-refractivity contribution in [3.05, 3.63) is 24.3 Å². The van der Waals surface area contributed by atoms with Crippen LogP contribution in [0.2, 0.25) is 0 Å². The molecule has 0 bridgehead atoms. The SMILES string of the molecule is CNS(=O)(=O)c1ccc(SCC(NC(C)=O)C(=O)O)cc1. The topological polar surface area (TPSA) is 113 Å². The first-order valence-electron chi connectivity index (χ1n) is 5.92. The fourth-order valence-electron chi connectivity index (χ4n) is 1.43. The highest BCUT2D eigenvalue weighted by Crippen LogP contribution is 2.21. The molecule has 1 aromatic rings. The van der Waals surface area contributed by atoms with E-state index in [0.29, 0.717) is 4.90 Å². The van der Waals surface area contributed by atoms with Gasteiger partial charge in [-0.2, -0.15) is 0 Å². The Balaban J connectivity index is 2.72. The molecule has 116 valence electrons. The first-order chi connectivity index (χ1) is 9.76. The lowest BCUT2D eigenvalue weighted by molar-refractivity contribution is -0.140. The zero-order valence-electron chi connectivity index (χ0n) is 11.5.